The molecule has 7 nitrogen and oxygen atoms in total. The predicted octanol–water partition coefficient (Wildman–Crippen LogP) is 1.51. The average molecular weight is 307 g/mol. The Morgan fingerprint density at radius 3 is 2.90 bits per heavy atom. The number of amides is 1. The van der Waals surface area contributed by atoms with Crippen molar-refractivity contribution in [2.45, 2.75) is 6.42 Å². The smallest absolute Gasteiger partial charge is 0.311 e. The van der Waals surface area contributed by atoms with Crippen LogP contribution in [0.15, 0.2) is 23.8 Å². The molecule has 0 bridgehead atoms. The van der Waals surface area contributed by atoms with Crippen LogP contribution >= 0.6 is 11.3 Å². The second-order valence-corrected chi connectivity index (χ2v) is 4.79. The van der Waals surface area contributed by atoms with Gasteiger partial charge in [-0.25, -0.2) is 4.98 Å². The summed E-state index contributed by atoms with van der Waals surface area (Å²) in [5.41, 5.74) is 0.904. The van der Waals surface area contributed by atoms with Crippen LogP contribution in [0.5, 0.6) is 5.75 Å². The van der Waals surface area contributed by atoms with Gasteiger partial charge in [0.25, 0.3) is 5.91 Å². The molecule has 2 rings (SSSR count). The summed E-state index contributed by atoms with van der Waals surface area (Å²) in [5.74, 6) is -0.358. The molecular weight excluding hydrogens is 294 g/mol. The molecule has 0 atom stereocenters. The highest BCUT2D eigenvalue weighted by Gasteiger charge is 2.14. The maximum absolute atomic E-state index is 12.1. The highest BCUT2D eigenvalue weighted by atomic mass is 32.1. The lowest BCUT2D eigenvalue weighted by atomic mass is 10.2. The highest BCUT2D eigenvalue weighted by molar-refractivity contribution is 7.14. The van der Waals surface area contributed by atoms with Crippen molar-refractivity contribution in [3.05, 3.63) is 35.1 Å². The molecule has 0 unspecified atom stereocenters. The second-order valence-electron chi connectivity index (χ2n) is 3.93. The maximum atomic E-state index is 12.1. The van der Waals surface area contributed by atoms with Crippen LogP contribution in [0.25, 0.3) is 0 Å². The van der Waals surface area contributed by atoms with Crippen molar-refractivity contribution in [2.24, 2.45) is 0 Å². The number of hydrogen-bond acceptors (Lipinski definition) is 7. The Kier molecular flexibility index (Phi) is 4.83. The number of nitrogens with zero attached hydrogens (tertiary/aromatic N) is 2. The van der Waals surface area contributed by atoms with Crippen LogP contribution in [0.4, 0.5) is 5.13 Å². The molecule has 1 N–H and O–H groups in total. The number of nitrogens with one attached hydrogen (secondary N) is 1. The van der Waals surface area contributed by atoms with E-state index in [9.17, 15) is 9.59 Å². The van der Waals surface area contributed by atoms with E-state index in [2.05, 4.69) is 20.0 Å². The molecule has 21 heavy (non-hydrogen) atoms. The number of pyridine rings is 1. The largest absolute Gasteiger partial charge is 0.494 e. The van der Waals surface area contributed by atoms with E-state index in [0.29, 0.717) is 22.1 Å². The van der Waals surface area contributed by atoms with Gasteiger partial charge >= 0.3 is 5.97 Å². The molecule has 2 aromatic heterocycles. The number of carbonyl (C=O) groups excluding carboxylic acids is 2. The number of hydrogen-bond donors (Lipinski definition) is 1. The Morgan fingerprint density at radius 1 is 1.38 bits per heavy atom. The van der Waals surface area contributed by atoms with E-state index < -0.39 is 0 Å². The minimum absolute atomic E-state index is 0.0709. The summed E-state index contributed by atoms with van der Waals surface area (Å²) in [6.07, 6.45) is 3.03. The number of aromatic nitrogens is 2. The molecule has 0 saturated heterocycles. The molecule has 0 fully saturated rings. The summed E-state index contributed by atoms with van der Waals surface area (Å²) in [4.78, 5) is 31.3. The molecule has 2 heterocycles. The minimum atomic E-state index is -0.381. The Labute approximate surface area is 124 Å². The number of ether oxygens (including phenoxy) is 2. The number of anilines is 1. The molecule has 8 heteroatoms. The minimum Gasteiger partial charge on any atom is -0.494 e. The Balaban J connectivity index is 2.08. The van der Waals surface area contributed by atoms with Gasteiger partial charge in [-0.3, -0.25) is 19.9 Å². The lowest BCUT2D eigenvalue weighted by molar-refractivity contribution is -0.139. The fourth-order valence-corrected chi connectivity index (χ4v) is 2.27. The summed E-state index contributed by atoms with van der Waals surface area (Å²) >= 11 is 1.23. The standard InChI is InChI=1S/C13H13N3O4S/c1-19-10-6-14-4-3-9(10)12(18)16-13-15-8(7-21-13)5-11(17)20-2/h3-4,6-7H,5H2,1-2H3,(H,15,16,18). The van der Waals surface area contributed by atoms with Crippen LogP contribution in [0.2, 0.25) is 0 Å². The number of thiazole rings is 1. The summed E-state index contributed by atoms with van der Waals surface area (Å²) in [6, 6.07) is 1.55. The van der Waals surface area contributed by atoms with Crippen LogP contribution < -0.4 is 10.1 Å². The molecule has 0 aliphatic heterocycles. The van der Waals surface area contributed by atoms with Gasteiger partial charge in [-0.2, -0.15) is 0 Å². The molecule has 0 aliphatic rings. The first kappa shape index (κ1) is 14.9. The SMILES string of the molecule is COC(=O)Cc1csc(NC(=O)c2ccncc2OC)n1. The normalized spacial score (nSPS) is 10.0. The maximum Gasteiger partial charge on any atom is 0.311 e. The van der Waals surface area contributed by atoms with Crippen molar-refractivity contribution in [1.29, 1.82) is 0 Å². The van der Waals surface area contributed by atoms with Crippen molar-refractivity contribution in [3.8, 4) is 5.75 Å². The van der Waals surface area contributed by atoms with E-state index in [4.69, 9.17) is 4.74 Å². The number of rotatable bonds is 5. The van der Waals surface area contributed by atoms with Gasteiger partial charge in [-0.1, -0.05) is 0 Å². The van der Waals surface area contributed by atoms with E-state index in [1.165, 1.54) is 38.0 Å². The van der Waals surface area contributed by atoms with E-state index in [1.807, 2.05) is 0 Å². The number of methoxy groups -OCH3 is 2. The molecule has 0 spiro atoms. The fourth-order valence-electron chi connectivity index (χ4n) is 1.56. The Hall–Kier alpha value is -2.48. The van der Waals surface area contributed by atoms with Crippen molar-refractivity contribution in [3.63, 3.8) is 0 Å². The third-order valence-corrected chi connectivity index (χ3v) is 3.38. The van der Waals surface area contributed by atoms with Crippen LogP contribution in [0.1, 0.15) is 16.1 Å². The molecule has 0 radical (unpaired) electrons. The molecular formula is C13H13N3O4S. The van der Waals surface area contributed by atoms with Crippen LogP contribution in [-0.4, -0.2) is 36.1 Å². The van der Waals surface area contributed by atoms with E-state index in [0.717, 1.165) is 0 Å². The zero-order valence-electron chi connectivity index (χ0n) is 11.5. The highest BCUT2D eigenvalue weighted by Crippen LogP contribution is 2.20. The van der Waals surface area contributed by atoms with Gasteiger partial charge in [0.15, 0.2) is 5.13 Å². The lowest BCUT2D eigenvalue weighted by Crippen LogP contribution is -2.13. The molecule has 0 aliphatic carbocycles. The Morgan fingerprint density at radius 2 is 2.19 bits per heavy atom. The van der Waals surface area contributed by atoms with Crippen molar-refractivity contribution in [1.82, 2.24) is 9.97 Å². The van der Waals surface area contributed by atoms with Gasteiger partial charge in [0, 0.05) is 11.6 Å². The zero-order valence-corrected chi connectivity index (χ0v) is 12.3. The van der Waals surface area contributed by atoms with Gasteiger partial charge in [0.2, 0.25) is 0 Å². The van der Waals surface area contributed by atoms with Crippen molar-refractivity contribution < 1.29 is 19.1 Å². The summed E-state index contributed by atoms with van der Waals surface area (Å²) in [5, 5.41) is 4.74. The fraction of sp³-hybridized carbons (Fsp3) is 0.231. The van der Waals surface area contributed by atoms with Crippen LogP contribution in [0, 0.1) is 0 Å². The third kappa shape index (κ3) is 3.76. The molecule has 0 saturated carbocycles. The van der Waals surface area contributed by atoms with Crippen molar-refractivity contribution in [2.75, 3.05) is 19.5 Å². The van der Waals surface area contributed by atoms with Crippen molar-refractivity contribution >= 4 is 28.3 Å². The van der Waals surface area contributed by atoms with Gasteiger partial charge in [0.1, 0.15) is 5.75 Å². The summed E-state index contributed by atoms with van der Waals surface area (Å²) in [7, 11) is 2.78. The zero-order chi connectivity index (χ0) is 15.2. The van der Waals surface area contributed by atoms with Gasteiger partial charge in [-0.15, -0.1) is 11.3 Å². The van der Waals surface area contributed by atoms with Gasteiger partial charge in [0.05, 0.1) is 38.1 Å². The Bertz CT molecular complexity index is 656. The van der Waals surface area contributed by atoms with E-state index in [-0.39, 0.29) is 18.3 Å². The first-order valence-electron chi connectivity index (χ1n) is 5.94. The average Bonchev–Trinajstić information content (AvgIpc) is 2.93. The molecule has 110 valence electrons. The van der Waals surface area contributed by atoms with Crippen LogP contribution in [-0.2, 0) is 16.0 Å². The van der Waals surface area contributed by atoms with Gasteiger partial charge < -0.3 is 9.47 Å². The predicted molar refractivity (Wildman–Crippen MR) is 76.6 cm³/mol. The third-order valence-electron chi connectivity index (χ3n) is 2.57. The topological polar surface area (TPSA) is 90.4 Å². The summed E-state index contributed by atoms with van der Waals surface area (Å²) in [6.45, 7) is 0. The van der Waals surface area contributed by atoms with E-state index in [1.54, 1.807) is 11.4 Å². The second kappa shape index (κ2) is 6.80. The summed E-state index contributed by atoms with van der Waals surface area (Å²) < 4.78 is 9.63. The first-order valence-corrected chi connectivity index (χ1v) is 6.82. The van der Waals surface area contributed by atoms with E-state index >= 15 is 0 Å². The first-order chi connectivity index (χ1) is 10.1. The van der Waals surface area contributed by atoms with Crippen LogP contribution in [0.3, 0.4) is 0 Å². The number of carbonyl (C=O) groups is 2. The molecule has 1 amide bonds. The monoisotopic (exact) mass is 307 g/mol. The lowest BCUT2D eigenvalue weighted by Gasteiger charge is -2.06. The quantitative estimate of drug-likeness (QED) is 0.842. The molecule has 0 aromatic carbocycles. The number of esters is 1. The van der Waals surface area contributed by atoms with Gasteiger partial charge in [-0.05, 0) is 6.07 Å². The molecule has 2 aromatic rings.